The van der Waals surface area contributed by atoms with Gasteiger partial charge in [0.05, 0.1) is 15.0 Å². The monoisotopic (exact) mass is 644 g/mol. The molecule has 0 saturated carbocycles. The van der Waals surface area contributed by atoms with Crippen molar-refractivity contribution in [3.05, 3.63) is 234 Å². The third-order valence-electron chi connectivity index (χ3n) is 9.59. The molecular formula is C49H35N. The van der Waals surface area contributed by atoms with Crippen LogP contribution in [-0.2, 0) is 5.41 Å². The molecule has 1 heteroatoms. The van der Waals surface area contributed by atoms with Crippen molar-refractivity contribution in [2.45, 2.75) is 5.41 Å². The number of rotatable bonds is 7. The Balaban J connectivity index is 1.37. The lowest BCUT2D eigenvalue weighted by atomic mass is 9.68. The fraction of sp³-hybridized carbons (Fsp3) is 0.0204. The number of benzene rings is 8. The quantitative estimate of drug-likeness (QED) is 0.167. The number of anilines is 3. The summed E-state index contributed by atoms with van der Waals surface area (Å²) in [6.07, 6.45) is 0. The molecule has 0 heterocycles. The van der Waals surface area contributed by atoms with Crippen LogP contribution in [-0.4, -0.2) is 0 Å². The molecule has 0 fully saturated rings. The van der Waals surface area contributed by atoms with E-state index < -0.39 is 17.5 Å². The second-order valence-corrected chi connectivity index (χ2v) is 12.4. The smallest absolute Gasteiger partial charge is 0.0713 e. The average molecular weight is 645 g/mol. The van der Waals surface area contributed by atoms with Crippen molar-refractivity contribution in [1.82, 2.24) is 0 Å². The summed E-state index contributed by atoms with van der Waals surface area (Å²) in [5.41, 5.74) is 6.39. The summed E-state index contributed by atoms with van der Waals surface area (Å²) in [4.78, 5) is 1.82. The highest BCUT2D eigenvalue weighted by atomic mass is 15.1. The van der Waals surface area contributed by atoms with E-state index in [0.717, 1.165) is 22.3 Å². The maximum absolute atomic E-state index is 10.2. The lowest BCUT2D eigenvalue weighted by molar-refractivity contribution is 0.768. The van der Waals surface area contributed by atoms with Gasteiger partial charge in [-0.1, -0.05) is 176 Å². The van der Waals surface area contributed by atoms with Crippen LogP contribution in [0.3, 0.4) is 0 Å². The van der Waals surface area contributed by atoms with Crippen molar-refractivity contribution >= 4 is 17.1 Å². The van der Waals surface area contributed by atoms with E-state index in [1.54, 1.807) is 0 Å². The lowest BCUT2D eigenvalue weighted by Crippen LogP contribution is -2.28. The molecule has 0 amide bonds. The van der Waals surface area contributed by atoms with Crippen molar-refractivity contribution in [1.29, 1.82) is 0 Å². The second-order valence-electron chi connectivity index (χ2n) is 12.4. The van der Waals surface area contributed by atoms with Gasteiger partial charge in [-0.3, -0.25) is 0 Å². The molecule has 236 valence electrons. The average Bonchev–Trinajstić information content (AvgIpc) is 3.60. The van der Waals surface area contributed by atoms with Crippen LogP contribution in [0.5, 0.6) is 0 Å². The molecule has 1 aliphatic carbocycles. The lowest BCUT2D eigenvalue weighted by Gasteiger charge is -2.34. The van der Waals surface area contributed by atoms with Crippen molar-refractivity contribution in [3.63, 3.8) is 0 Å². The molecule has 0 aliphatic heterocycles. The molecule has 9 rings (SSSR count). The molecule has 0 N–H and O–H groups in total. The van der Waals surface area contributed by atoms with Gasteiger partial charge in [0, 0.05) is 17.1 Å². The second kappa shape index (κ2) is 12.5. The molecule has 1 nitrogen and oxygen atoms in total. The number of hydrogen-bond acceptors (Lipinski definition) is 1. The van der Waals surface area contributed by atoms with E-state index in [1.807, 2.05) is 175 Å². The fourth-order valence-corrected chi connectivity index (χ4v) is 7.28. The first kappa shape index (κ1) is 23.0. The van der Waals surface area contributed by atoms with E-state index in [-0.39, 0.29) is 52.6 Å². The highest BCUT2D eigenvalue weighted by molar-refractivity contribution is 5.90. The van der Waals surface area contributed by atoms with Crippen LogP contribution in [0.25, 0.3) is 33.4 Å². The van der Waals surface area contributed by atoms with Crippen LogP contribution in [0.15, 0.2) is 212 Å². The van der Waals surface area contributed by atoms with Gasteiger partial charge in [-0.2, -0.15) is 0 Å². The van der Waals surface area contributed by atoms with Crippen LogP contribution in [0.2, 0.25) is 0 Å². The molecule has 0 spiro atoms. The molecule has 8 aromatic carbocycles. The van der Waals surface area contributed by atoms with Crippen molar-refractivity contribution in [2.75, 3.05) is 4.90 Å². The Morgan fingerprint density at radius 3 is 1.28 bits per heavy atom. The first-order chi connectivity index (χ1) is 27.7. The molecule has 50 heavy (non-hydrogen) atoms. The Morgan fingerprint density at radius 2 is 0.780 bits per heavy atom. The van der Waals surface area contributed by atoms with Gasteiger partial charge < -0.3 is 4.90 Å². The molecule has 1 aliphatic rings. The summed E-state index contributed by atoms with van der Waals surface area (Å²) in [6.45, 7) is 0. The normalized spacial score (nSPS) is 14.5. The van der Waals surface area contributed by atoms with E-state index >= 15 is 0 Å². The zero-order valence-electron chi connectivity index (χ0n) is 34.1. The SMILES string of the molecule is [2H]c1c([2H])c([2H])c2c(c1[2H])-c1c([2H])c(N(c3ccc(-c4ccccc4)cc3)c3ccc(-c4ccccc4)cc3)c([2H])c([2H])c1C2(c1ccccc1)c1ccccc1. The third kappa shape index (κ3) is 4.95. The van der Waals surface area contributed by atoms with Gasteiger partial charge in [0.1, 0.15) is 0 Å². The minimum Gasteiger partial charge on any atom is -0.310 e. The van der Waals surface area contributed by atoms with E-state index in [9.17, 15) is 6.85 Å². The first-order valence-electron chi connectivity index (χ1n) is 20.2. The minimum atomic E-state index is -1.43. The van der Waals surface area contributed by atoms with Gasteiger partial charge in [-0.25, -0.2) is 0 Å². The van der Waals surface area contributed by atoms with Crippen LogP contribution in [0.4, 0.5) is 17.1 Å². The van der Waals surface area contributed by atoms with Crippen LogP contribution >= 0.6 is 0 Å². The fourth-order valence-electron chi connectivity index (χ4n) is 7.28. The molecule has 0 aromatic heterocycles. The van der Waals surface area contributed by atoms with Crippen molar-refractivity contribution in [3.8, 4) is 33.4 Å². The van der Waals surface area contributed by atoms with Crippen molar-refractivity contribution in [2.24, 2.45) is 0 Å². The maximum atomic E-state index is 10.2. The van der Waals surface area contributed by atoms with Gasteiger partial charge in [0.15, 0.2) is 0 Å². The molecule has 0 radical (unpaired) electrons. The number of nitrogens with zero attached hydrogens (tertiary/aromatic N) is 1. The molecule has 0 bridgehead atoms. The highest BCUT2D eigenvalue weighted by Gasteiger charge is 2.46. The number of hydrogen-bond donors (Lipinski definition) is 0. The summed E-state index contributed by atoms with van der Waals surface area (Å²) in [6, 6.07) is 52.8. The van der Waals surface area contributed by atoms with Gasteiger partial charge in [-0.05, 0) is 92.0 Å². The zero-order valence-corrected chi connectivity index (χ0v) is 27.1. The Kier molecular flexibility index (Phi) is 5.77. The Morgan fingerprint density at radius 1 is 0.360 bits per heavy atom. The zero-order chi connectivity index (χ0) is 39.4. The standard InChI is InChI=1S/C49H35N/c1-5-15-36(16-6-1)38-25-29-42(30-26-38)50(43-31-27-39(28-32-43)37-17-7-2-8-18-37)44-33-34-48-46(35-44)45-23-13-14-24-47(45)49(48,40-19-9-3-10-20-40)41-21-11-4-12-22-41/h1-35H/i13D,14D,23D,24D,33D,34D,35D. The first-order valence-corrected chi connectivity index (χ1v) is 16.7. The third-order valence-corrected chi connectivity index (χ3v) is 9.59. The van der Waals surface area contributed by atoms with Crippen LogP contribution < -0.4 is 4.90 Å². The Hall–Kier alpha value is -6.44. The predicted molar refractivity (Wildman–Crippen MR) is 209 cm³/mol. The van der Waals surface area contributed by atoms with Crippen LogP contribution in [0.1, 0.15) is 31.8 Å². The predicted octanol–water partition coefficient (Wildman–Crippen LogP) is 12.9. The molecular weight excluding hydrogens is 603 g/mol. The van der Waals surface area contributed by atoms with Gasteiger partial charge in [0.2, 0.25) is 0 Å². The summed E-state index contributed by atoms with van der Waals surface area (Å²) in [5, 5.41) is 0. The van der Waals surface area contributed by atoms with E-state index in [4.69, 9.17) is 2.74 Å². The van der Waals surface area contributed by atoms with Gasteiger partial charge >= 0.3 is 0 Å². The summed E-state index contributed by atoms with van der Waals surface area (Å²) >= 11 is 0. The van der Waals surface area contributed by atoms with E-state index in [2.05, 4.69) is 0 Å². The minimum absolute atomic E-state index is 0.106. The van der Waals surface area contributed by atoms with E-state index in [1.165, 1.54) is 0 Å². The highest BCUT2D eigenvalue weighted by Crippen LogP contribution is 2.57. The Bertz CT molecular complexity index is 2650. The summed E-state index contributed by atoms with van der Waals surface area (Å²) < 4.78 is 66.6. The molecule has 0 unspecified atom stereocenters. The van der Waals surface area contributed by atoms with Gasteiger partial charge in [-0.15, -0.1) is 0 Å². The van der Waals surface area contributed by atoms with E-state index in [0.29, 0.717) is 28.1 Å². The summed E-state index contributed by atoms with van der Waals surface area (Å²) in [5.74, 6) is 0. The maximum Gasteiger partial charge on any atom is 0.0713 e. The largest absolute Gasteiger partial charge is 0.310 e. The topological polar surface area (TPSA) is 3.24 Å². The van der Waals surface area contributed by atoms with Crippen LogP contribution in [0, 0.1) is 0 Å². The molecule has 8 aromatic rings. The van der Waals surface area contributed by atoms with Gasteiger partial charge in [0.25, 0.3) is 0 Å². The summed E-state index contributed by atoms with van der Waals surface area (Å²) in [7, 11) is 0. The molecule has 0 saturated heterocycles. The molecule has 0 atom stereocenters. The number of fused-ring (bicyclic) bond motifs is 3. The Labute approximate surface area is 304 Å². The van der Waals surface area contributed by atoms with Crippen molar-refractivity contribution < 1.29 is 9.60 Å².